The fourth-order valence-electron chi connectivity index (χ4n) is 3.48. The minimum absolute atomic E-state index is 0. The molecule has 0 amide bonds. The van der Waals surface area contributed by atoms with Crippen molar-refractivity contribution < 1.29 is 9.47 Å². The summed E-state index contributed by atoms with van der Waals surface area (Å²) in [6, 6.07) is 19.1. The van der Waals surface area contributed by atoms with E-state index in [1.54, 1.807) is 14.2 Å². The highest BCUT2D eigenvalue weighted by Crippen LogP contribution is 2.35. The molecule has 0 N–H and O–H groups in total. The van der Waals surface area contributed by atoms with Gasteiger partial charge in [0.25, 0.3) is 0 Å². The molecular formula is C23H22ClNO2. The topological polar surface area (TPSA) is 31.4 Å². The molecule has 0 radical (unpaired) electrons. The molecule has 0 spiro atoms. The van der Waals surface area contributed by atoms with E-state index in [0.717, 1.165) is 34.4 Å². The second-order valence-electron chi connectivity index (χ2n) is 6.47. The van der Waals surface area contributed by atoms with Gasteiger partial charge >= 0.3 is 0 Å². The number of aryl methyl sites for hydroxylation is 1. The van der Waals surface area contributed by atoms with Crippen LogP contribution in [-0.4, -0.2) is 19.2 Å². The summed E-state index contributed by atoms with van der Waals surface area (Å²) >= 11 is 0. The summed E-state index contributed by atoms with van der Waals surface area (Å²) in [7, 11) is 3.32. The molecule has 1 aromatic heterocycles. The number of benzene rings is 3. The Balaban J connectivity index is 0.00000210. The number of pyridine rings is 1. The number of hydrogen-bond donors (Lipinski definition) is 0. The summed E-state index contributed by atoms with van der Waals surface area (Å²) in [4.78, 5) is 4.60. The van der Waals surface area contributed by atoms with Gasteiger partial charge < -0.3 is 9.47 Å². The van der Waals surface area contributed by atoms with Gasteiger partial charge in [-0.1, -0.05) is 42.5 Å². The number of aromatic nitrogens is 1. The molecule has 0 aliphatic rings. The van der Waals surface area contributed by atoms with E-state index in [9.17, 15) is 0 Å². The maximum atomic E-state index is 5.50. The first-order chi connectivity index (χ1) is 12.7. The number of nitrogens with zero attached hydrogens (tertiary/aromatic N) is 1. The van der Waals surface area contributed by atoms with Gasteiger partial charge in [0.2, 0.25) is 0 Å². The van der Waals surface area contributed by atoms with Crippen molar-refractivity contribution >= 4 is 34.0 Å². The summed E-state index contributed by atoms with van der Waals surface area (Å²) in [5.41, 5.74) is 3.53. The summed E-state index contributed by atoms with van der Waals surface area (Å²) in [5, 5.41) is 4.73. The van der Waals surface area contributed by atoms with Crippen molar-refractivity contribution in [1.29, 1.82) is 0 Å². The van der Waals surface area contributed by atoms with Crippen LogP contribution in [-0.2, 0) is 6.42 Å². The highest BCUT2D eigenvalue weighted by Gasteiger charge is 2.12. The fourth-order valence-corrected chi connectivity index (χ4v) is 3.48. The average Bonchev–Trinajstić information content (AvgIpc) is 2.69. The van der Waals surface area contributed by atoms with Crippen LogP contribution in [0.2, 0.25) is 0 Å². The van der Waals surface area contributed by atoms with Gasteiger partial charge in [0.1, 0.15) is 0 Å². The van der Waals surface area contributed by atoms with E-state index in [4.69, 9.17) is 9.47 Å². The van der Waals surface area contributed by atoms with Crippen molar-refractivity contribution in [3.8, 4) is 11.5 Å². The Morgan fingerprint density at radius 2 is 1.52 bits per heavy atom. The Labute approximate surface area is 165 Å². The van der Waals surface area contributed by atoms with Gasteiger partial charge in [-0.25, -0.2) is 0 Å². The fraction of sp³-hybridized carbons (Fsp3) is 0.174. The Hall–Kier alpha value is -2.78. The monoisotopic (exact) mass is 379 g/mol. The van der Waals surface area contributed by atoms with Crippen molar-refractivity contribution in [2.45, 2.75) is 13.3 Å². The van der Waals surface area contributed by atoms with Crippen LogP contribution in [0.3, 0.4) is 0 Å². The predicted molar refractivity (Wildman–Crippen MR) is 114 cm³/mol. The number of rotatable bonds is 4. The van der Waals surface area contributed by atoms with Crippen molar-refractivity contribution in [3.63, 3.8) is 0 Å². The quantitative estimate of drug-likeness (QED) is 0.454. The maximum absolute atomic E-state index is 5.50. The summed E-state index contributed by atoms with van der Waals surface area (Å²) < 4.78 is 10.9. The molecule has 4 aromatic rings. The molecule has 4 rings (SSSR count). The van der Waals surface area contributed by atoms with Gasteiger partial charge in [0, 0.05) is 17.3 Å². The highest BCUT2D eigenvalue weighted by atomic mass is 35.5. The van der Waals surface area contributed by atoms with Crippen LogP contribution in [0, 0.1) is 6.92 Å². The molecule has 0 aliphatic heterocycles. The van der Waals surface area contributed by atoms with E-state index in [-0.39, 0.29) is 12.4 Å². The van der Waals surface area contributed by atoms with Crippen molar-refractivity contribution in [2.24, 2.45) is 0 Å². The molecule has 138 valence electrons. The average molecular weight is 380 g/mol. The zero-order chi connectivity index (χ0) is 18.1. The second-order valence-corrected chi connectivity index (χ2v) is 6.47. The van der Waals surface area contributed by atoms with E-state index >= 15 is 0 Å². The Morgan fingerprint density at radius 1 is 0.815 bits per heavy atom. The lowest BCUT2D eigenvalue weighted by atomic mass is 9.96. The number of hydrogen-bond acceptors (Lipinski definition) is 3. The zero-order valence-electron chi connectivity index (χ0n) is 15.7. The molecule has 0 saturated carbocycles. The van der Waals surface area contributed by atoms with Crippen LogP contribution in [0.25, 0.3) is 21.5 Å². The third kappa shape index (κ3) is 3.56. The number of ether oxygens (including phenoxy) is 2. The number of methoxy groups -OCH3 is 2. The largest absolute Gasteiger partial charge is 0.493 e. The van der Waals surface area contributed by atoms with Gasteiger partial charge in [0.05, 0.1) is 14.2 Å². The standard InChI is InChI=1S/C23H21NO2.ClH/c1-15-20(11-16-8-9-17-6-4-5-7-18(17)10-16)21-13-23(26-3)22(25-2)12-19(21)14-24-15;/h4-10,12-14H,11H2,1-3H3;1H. The Bertz CT molecular complexity index is 1110. The molecule has 0 saturated heterocycles. The van der Waals surface area contributed by atoms with Gasteiger partial charge in [0.15, 0.2) is 11.5 Å². The highest BCUT2D eigenvalue weighted by molar-refractivity contribution is 5.89. The first-order valence-electron chi connectivity index (χ1n) is 8.67. The van der Waals surface area contributed by atoms with Crippen LogP contribution in [0.1, 0.15) is 16.8 Å². The minimum Gasteiger partial charge on any atom is -0.493 e. The third-order valence-corrected chi connectivity index (χ3v) is 4.91. The molecule has 0 atom stereocenters. The van der Waals surface area contributed by atoms with Crippen molar-refractivity contribution in [1.82, 2.24) is 4.98 Å². The van der Waals surface area contributed by atoms with Gasteiger partial charge in [-0.2, -0.15) is 0 Å². The number of halogens is 1. The zero-order valence-corrected chi connectivity index (χ0v) is 16.5. The third-order valence-electron chi connectivity index (χ3n) is 4.91. The summed E-state index contributed by atoms with van der Waals surface area (Å²) in [5.74, 6) is 1.47. The smallest absolute Gasteiger partial charge is 0.161 e. The molecule has 0 bridgehead atoms. The van der Waals surface area contributed by atoms with E-state index in [0.29, 0.717) is 0 Å². The van der Waals surface area contributed by atoms with Crippen LogP contribution >= 0.6 is 12.4 Å². The molecule has 27 heavy (non-hydrogen) atoms. The molecule has 0 fully saturated rings. The molecule has 3 aromatic carbocycles. The van der Waals surface area contributed by atoms with E-state index < -0.39 is 0 Å². The molecule has 4 heteroatoms. The molecular weight excluding hydrogens is 358 g/mol. The second kappa shape index (κ2) is 7.85. The first kappa shape index (κ1) is 19.0. The molecule has 1 heterocycles. The molecule has 0 unspecified atom stereocenters. The lowest BCUT2D eigenvalue weighted by Gasteiger charge is -2.14. The Kier molecular flexibility index (Phi) is 5.52. The van der Waals surface area contributed by atoms with Crippen LogP contribution in [0.4, 0.5) is 0 Å². The van der Waals surface area contributed by atoms with Crippen molar-refractivity contribution in [2.75, 3.05) is 14.2 Å². The van der Waals surface area contributed by atoms with Gasteiger partial charge in [-0.3, -0.25) is 4.98 Å². The predicted octanol–water partition coefficient (Wildman–Crippen LogP) is 5.73. The first-order valence-corrected chi connectivity index (χ1v) is 8.67. The summed E-state index contributed by atoms with van der Waals surface area (Å²) in [6.07, 6.45) is 2.73. The van der Waals surface area contributed by atoms with Gasteiger partial charge in [-0.05, 0) is 52.8 Å². The van der Waals surface area contributed by atoms with E-state index in [1.165, 1.54) is 21.9 Å². The van der Waals surface area contributed by atoms with E-state index in [2.05, 4.69) is 60.4 Å². The van der Waals surface area contributed by atoms with Crippen LogP contribution < -0.4 is 9.47 Å². The summed E-state index contributed by atoms with van der Waals surface area (Å²) in [6.45, 7) is 2.06. The SMILES string of the molecule is COc1cc2cnc(C)c(Cc3ccc4ccccc4c3)c2cc1OC.Cl. The van der Waals surface area contributed by atoms with Crippen molar-refractivity contribution in [3.05, 3.63) is 77.6 Å². The van der Waals surface area contributed by atoms with E-state index in [1.807, 2.05) is 12.3 Å². The minimum atomic E-state index is 0. The maximum Gasteiger partial charge on any atom is 0.161 e. The van der Waals surface area contributed by atoms with Gasteiger partial charge in [-0.15, -0.1) is 12.4 Å². The number of fused-ring (bicyclic) bond motifs is 2. The Morgan fingerprint density at radius 3 is 2.26 bits per heavy atom. The molecule has 0 aliphatic carbocycles. The normalized spacial score (nSPS) is 10.6. The molecule has 3 nitrogen and oxygen atoms in total. The lowest BCUT2D eigenvalue weighted by molar-refractivity contribution is 0.356. The van der Waals surface area contributed by atoms with Crippen LogP contribution in [0.15, 0.2) is 60.8 Å². The lowest BCUT2D eigenvalue weighted by Crippen LogP contribution is -1.98. The van der Waals surface area contributed by atoms with Crippen LogP contribution in [0.5, 0.6) is 11.5 Å².